The number of nitrogens with one attached hydrogen (secondary N) is 2. The Labute approximate surface area is 201 Å². The van der Waals surface area contributed by atoms with Gasteiger partial charge in [0.15, 0.2) is 0 Å². The van der Waals surface area contributed by atoms with Crippen molar-refractivity contribution in [3.8, 4) is 5.75 Å². The molecular weight excluding hydrogens is 477 g/mol. The predicted molar refractivity (Wildman–Crippen MR) is 128 cm³/mol. The average molecular weight is 501 g/mol. The molecule has 0 spiro atoms. The zero-order valence-corrected chi connectivity index (χ0v) is 19.5. The first-order chi connectivity index (χ1) is 16.7. The van der Waals surface area contributed by atoms with E-state index in [1.165, 1.54) is 18.2 Å². The van der Waals surface area contributed by atoms with Gasteiger partial charge in [0, 0.05) is 17.3 Å². The predicted octanol–water partition coefficient (Wildman–Crippen LogP) is 6.34. The van der Waals surface area contributed by atoms with E-state index >= 15 is 0 Å². The van der Waals surface area contributed by atoms with E-state index in [2.05, 4.69) is 22.2 Å². The number of hydrogen-bond acceptors (Lipinski definition) is 4. The highest BCUT2D eigenvalue weighted by atomic mass is 32.2. The van der Waals surface area contributed by atoms with Gasteiger partial charge in [0.1, 0.15) is 5.75 Å². The van der Waals surface area contributed by atoms with Gasteiger partial charge < -0.3 is 10.1 Å². The van der Waals surface area contributed by atoms with Gasteiger partial charge in [-0.05, 0) is 72.0 Å². The lowest BCUT2D eigenvalue weighted by Gasteiger charge is -2.37. The third kappa shape index (κ3) is 4.48. The molecule has 3 aromatic carbocycles. The Bertz CT molecular complexity index is 1390. The molecule has 3 aromatic rings. The summed E-state index contributed by atoms with van der Waals surface area (Å²) < 4.78 is 72.7. The van der Waals surface area contributed by atoms with Gasteiger partial charge in [0.2, 0.25) is 0 Å². The Hall–Kier alpha value is -3.46. The number of ether oxygens (including phenoxy) is 1. The summed E-state index contributed by atoms with van der Waals surface area (Å²) in [5.41, 5.74) is 1.72. The van der Waals surface area contributed by atoms with E-state index in [4.69, 9.17) is 4.74 Å². The first-order valence-corrected chi connectivity index (χ1v) is 12.6. The van der Waals surface area contributed by atoms with Crippen LogP contribution in [0.2, 0.25) is 0 Å². The summed E-state index contributed by atoms with van der Waals surface area (Å²) in [6.45, 7) is 0. The largest absolute Gasteiger partial charge is 0.497 e. The van der Waals surface area contributed by atoms with Crippen molar-refractivity contribution in [2.75, 3.05) is 17.1 Å². The number of allylic oxidation sites excluding steroid dienone is 2. The fourth-order valence-corrected chi connectivity index (χ4v) is 5.94. The molecule has 0 unspecified atom stereocenters. The van der Waals surface area contributed by atoms with Gasteiger partial charge in [-0.15, -0.1) is 0 Å². The number of benzene rings is 3. The molecule has 0 amide bonds. The molecule has 35 heavy (non-hydrogen) atoms. The summed E-state index contributed by atoms with van der Waals surface area (Å²) in [4.78, 5) is -0.00240. The molecule has 9 heteroatoms. The first-order valence-electron chi connectivity index (χ1n) is 11.1. The maximum absolute atomic E-state index is 13.0. The summed E-state index contributed by atoms with van der Waals surface area (Å²) in [5.74, 6) is 0.988. The number of alkyl halides is 3. The lowest BCUT2D eigenvalue weighted by atomic mass is 9.77. The molecule has 0 saturated carbocycles. The number of hydrogen-bond donors (Lipinski definition) is 2. The summed E-state index contributed by atoms with van der Waals surface area (Å²) in [7, 11) is -2.47. The molecule has 5 rings (SSSR count). The molecule has 2 N–H and O–H groups in total. The summed E-state index contributed by atoms with van der Waals surface area (Å²) in [5, 5.41) is 3.55. The molecule has 2 aliphatic rings. The van der Waals surface area contributed by atoms with Gasteiger partial charge in [-0.3, -0.25) is 4.72 Å². The molecule has 0 bridgehead atoms. The van der Waals surface area contributed by atoms with Gasteiger partial charge in [-0.2, -0.15) is 13.2 Å². The van der Waals surface area contributed by atoms with E-state index in [0.29, 0.717) is 0 Å². The molecule has 1 heterocycles. The first kappa shape index (κ1) is 23.3. The van der Waals surface area contributed by atoms with E-state index in [-0.39, 0.29) is 28.5 Å². The van der Waals surface area contributed by atoms with Crippen LogP contribution in [0.25, 0.3) is 0 Å². The van der Waals surface area contributed by atoms with E-state index in [0.717, 1.165) is 41.1 Å². The van der Waals surface area contributed by atoms with Crippen molar-refractivity contribution in [3.05, 3.63) is 95.6 Å². The monoisotopic (exact) mass is 500 g/mol. The standard InChI is InChI=1S/C26H23F3N2O3S/c1-34-19-10-8-16(9-11-19)25-22-7-3-6-21(22)23-15-20(12-13-24(23)30-25)35(32,33)31-18-5-2-4-17(14-18)26(27,28)29/h2-6,8-15,21-22,25,30-31H,7H2,1H3/t21-,22+,25+/m0/s1. The second-order valence-electron chi connectivity index (χ2n) is 8.68. The van der Waals surface area contributed by atoms with Gasteiger partial charge in [0.05, 0.1) is 23.6 Å². The molecule has 0 fully saturated rings. The van der Waals surface area contributed by atoms with Crippen LogP contribution in [0.3, 0.4) is 0 Å². The molecule has 1 aliphatic heterocycles. The summed E-state index contributed by atoms with van der Waals surface area (Å²) in [6.07, 6.45) is 0.471. The van der Waals surface area contributed by atoms with Crippen molar-refractivity contribution >= 4 is 21.4 Å². The Morgan fingerprint density at radius 3 is 2.51 bits per heavy atom. The Kier molecular flexibility index (Phi) is 5.75. The van der Waals surface area contributed by atoms with Crippen LogP contribution in [0, 0.1) is 5.92 Å². The van der Waals surface area contributed by atoms with Crippen LogP contribution in [0.4, 0.5) is 24.5 Å². The van der Waals surface area contributed by atoms with E-state index in [1.807, 2.05) is 24.3 Å². The summed E-state index contributed by atoms with van der Waals surface area (Å²) >= 11 is 0. The lowest BCUT2D eigenvalue weighted by molar-refractivity contribution is -0.137. The molecule has 0 radical (unpaired) electrons. The SMILES string of the molecule is COc1ccc([C@H]2Nc3ccc(S(=O)(=O)Nc4cccc(C(F)(F)F)c4)cc3[C@H]3C=CC[C@H]32)cc1. The number of sulfonamides is 1. The van der Waals surface area contributed by atoms with Gasteiger partial charge in [-0.25, -0.2) is 8.42 Å². The Morgan fingerprint density at radius 2 is 1.80 bits per heavy atom. The zero-order valence-electron chi connectivity index (χ0n) is 18.7. The van der Waals surface area contributed by atoms with Crippen LogP contribution >= 0.6 is 0 Å². The molecule has 0 aromatic heterocycles. The van der Waals surface area contributed by atoms with Crippen LogP contribution in [-0.2, 0) is 16.2 Å². The summed E-state index contributed by atoms with van der Waals surface area (Å²) in [6, 6.07) is 16.9. The molecular formula is C26H23F3N2O3S. The minimum Gasteiger partial charge on any atom is -0.497 e. The zero-order chi connectivity index (χ0) is 24.8. The van der Waals surface area contributed by atoms with Crippen LogP contribution in [0.5, 0.6) is 5.75 Å². The van der Waals surface area contributed by atoms with Crippen molar-refractivity contribution in [1.29, 1.82) is 0 Å². The van der Waals surface area contributed by atoms with Gasteiger partial charge in [0.25, 0.3) is 10.0 Å². The maximum Gasteiger partial charge on any atom is 0.416 e. The Morgan fingerprint density at radius 1 is 1.03 bits per heavy atom. The number of rotatable bonds is 5. The van der Waals surface area contributed by atoms with Gasteiger partial charge in [-0.1, -0.05) is 30.4 Å². The Balaban J connectivity index is 1.45. The number of anilines is 2. The minimum atomic E-state index is -4.57. The molecule has 182 valence electrons. The normalized spacial score (nSPS) is 21.1. The third-order valence-electron chi connectivity index (χ3n) is 6.56. The number of fused-ring (bicyclic) bond motifs is 3. The van der Waals surface area contributed by atoms with Crippen molar-refractivity contribution < 1.29 is 26.3 Å². The van der Waals surface area contributed by atoms with Crippen molar-refractivity contribution in [2.45, 2.75) is 29.5 Å². The number of halogens is 3. The van der Waals surface area contributed by atoms with E-state index in [9.17, 15) is 21.6 Å². The lowest BCUT2D eigenvalue weighted by Crippen LogP contribution is -2.29. The van der Waals surface area contributed by atoms with Crippen LogP contribution in [0.15, 0.2) is 83.8 Å². The van der Waals surface area contributed by atoms with E-state index < -0.39 is 21.8 Å². The van der Waals surface area contributed by atoms with Crippen molar-refractivity contribution in [1.82, 2.24) is 0 Å². The van der Waals surface area contributed by atoms with Crippen LogP contribution in [0.1, 0.15) is 35.1 Å². The second kappa shape index (κ2) is 8.64. The average Bonchev–Trinajstić information content (AvgIpc) is 3.33. The van der Waals surface area contributed by atoms with Crippen molar-refractivity contribution in [3.63, 3.8) is 0 Å². The smallest absolute Gasteiger partial charge is 0.416 e. The van der Waals surface area contributed by atoms with Crippen LogP contribution in [-0.4, -0.2) is 15.5 Å². The molecule has 5 nitrogen and oxygen atoms in total. The second-order valence-corrected chi connectivity index (χ2v) is 10.4. The fourth-order valence-electron chi connectivity index (χ4n) is 4.85. The van der Waals surface area contributed by atoms with Gasteiger partial charge >= 0.3 is 6.18 Å². The van der Waals surface area contributed by atoms with Crippen LogP contribution < -0.4 is 14.8 Å². The molecule has 3 atom stereocenters. The minimum absolute atomic E-state index is 0.00240. The number of methoxy groups -OCH3 is 1. The maximum atomic E-state index is 13.0. The highest BCUT2D eigenvalue weighted by Crippen LogP contribution is 2.50. The highest BCUT2D eigenvalue weighted by molar-refractivity contribution is 7.92. The van der Waals surface area contributed by atoms with E-state index in [1.54, 1.807) is 19.2 Å². The molecule has 0 saturated heterocycles. The molecule has 1 aliphatic carbocycles. The quantitative estimate of drug-likeness (QED) is 0.401. The third-order valence-corrected chi connectivity index (χ3v) is 7.94. The topological polar surface area (TPSA) is 67.4 Å². The fraction of sp³-hybridized carbons (Fsp3) is 0.231. The highest BCUT2D eigenvalue weighted by Gasteiger charge is 2.38. The van der Waals surface area contributed by atoms with Crippen molar-refractivity contribution in [2.24, 2.45) is 5.92 Å².